The van der Waals surface area contributed by atoms with E-state index in [0.29, 0.717) is 57.2 Å². The standard InChI is InChI=1S/C25H33F3N6O4/c1-16(14-31(3)4)37-24-29-20-15-34(21-13-18(36)5-6-22(21)38-25(26,27)28)8-7-19(20)23(30-24)33-11-9-32(10-12-33)17(2)35/h5-6,13,16,36H,7-12,14-15H2,1-4H3/t16-/m1/s1. The van der Waals surface area contributed by atoms with Gasteiger partial charge in [-0.3, -0.25) is 4.79 Å². The average Bonchev–Trinajstić information content (AvgIpc) is 2.83. The van der Waals surface area contributed by atoms with Gasteiger partial charge in [-0.2, -0.15) is 9.97 Å². The summed E-state index contributed by atoms with van der Waals surface area (Å²) in [7, 11) is 3.86. The Labute approximate surface area is 219 Å². The van der Waals surface area contributed by atoms with Crippen LogP contribution in [0.15, 0.2) is 18.2 Å². The highest BCUT2D eigenvalue weighted by Crippen LogP contribution is 2.39. The molecule has 0 aliphatic carbocycles. The maximum atomic E-state index is 13.1. The van der Waals surface area contributed by atoms with Crippen molar-refractivity contribution in [3.63, 3.8) is 0 Å². The zero-order valence-corrected chi connectivity index (χ0v) is 22.0. The van der Waals surface area contributed by atoms with Crippen LogP contribution in [0.1, 0.15) is 25.1 Å². The molecular weight excluding hydrogens is 505 g/mol. The van der Waals surface area contributed by atoms with Crippen LogP contribution in [-0.2, 0) is 17.8 Å². The van der Waals surface area contributed by atoms with E-state index in [1.165, 1.54) is 6.07 Å². The molecule has 1 atom stereocenters. The lowest BCUT2D eigenvalue weighted by molar-refractivity contribution is -0.274. The van der Waals surface area contributed by atoms with Gasteiger partial charge >= 0.3 is 12.4 Å². The summed E-state index contributed by atoms with van der Waals surface area (Å²) in [6.07, 6.45) is -4.62. The Morgan fingerprint density at radius 3 is 2.47 bits per heavy atom. The van der Waals surface area contributed by atoms with Gasteiger partial charge in [-0.15, -0.1) is 13.2 Å². The van der Waals surface area contributed by atoms with Crippen LogP contribution in [0.3, 0.4) is 0 Å². The number of halogens is 3. The molecular formula is C25H33F3N6O4. The first-order valence-electron chi connectivity index (χ1n) is 12.4. The van der Waals surface area contributed by atoms with Crippen molar-refractivity contribution in [3.05, 3.63) is 29.5 Å². The number of amides is 1. The molecule has 10 nitrogen and oxygen atoms in total. The molecule has 1 aromatic heterocycles. The number of fused-ring (bicyclic) bond motifs is 1. The fourth-order valence-corrected chi connectivity index (χ4v) is 4.84. The minimum atomic E-state index is -4.87. The van der Waals surface area contributed by atoms with Crippen molar-refractivity contribution in [3.8, 4) is 17.5 Å². The molecule has 2 aliphatic heterocycles. The van der Waals surface area contributed by atoms with Crippen molar-refractivity contribution >= 4 is 17.4 Å². The van der Waals surface area contributed by atoms with Crippen LogP contribution in [0.2, 0.25) is 0 Å². The molecule has 2 aliphatic rings. The summed E-state index contributed by atoms with van der Waals surface area (Å²) in [4.78, 5) is 28.8. The molecule has 0 bridgehead atoms. The third-order valence-corrected chi connectivity index (χ3v) is 6.49. The maximum absolute atomic E-state index is 13.1. The summed E-state index contributed by atoms with van der Waals surface area (Å²) in [5, 5.41) is 10.0. The van der Waals surface area contributed by atoms with Gasteiger partial charge in [0.15, 0.2) is 5.75 Å². The Morgan fingerprint density at radius 1 is 1.13 bits per heavy atom. The molecule has 3 heterocycles. The van der Waals surface area contributed by atoms with Gasteiger partial charge in [-0.1, -0.05) is 0 Å². The third-order valence-electron chi connectivity index (χ3n) is 6.49. The summed E-state index contributed by atoms with van der Waals surface area (Å²) in [5.41, 5.74) is 1.64. The lowest BCUT2D eigenvalue weighted by Gasteiger charge is -2.38. The largest absolute Gasteiger partial charge is 0.573 e. The Hall–Kier alpha value is -3.48. The molecule has 38 heavy (non-hydrogen) atoms. The van der Waals surface area contributed by atoms with Crippen molar-refractivity contribution in [2.45, 2.75) is 39.3 Å². The number of aromatic hydroxyl groups is 1. The Kier molecular flexibility index (Phi) is 8.05. The molecule has 0 saturated carbocycles. The van der Waals surface area contributed by atoms with Crippen molar-refractivity contribution in [1.29, 1.82) is 0 Å². The van der Waals surface area contributed by atoms with Gasteiger partial charge in [-0.25, -0.2) is 0 Å². The Bertz CT molecular complexity index is 1150. The normalized spacial score (nSPS) is 16.9. The van der Waals surface area contributed by atoms with Crippen LogP contribution in [0, 0.1) is 0 Å². The van der Waals surface area contributed by atoms with Gasteiger partial charge in [0.1, 0.15) is 17.7 Å². The topological polar surface area (TPSA) is 94.5 Å². The molecule has 1 saturated heterocycles. The average molecular weight is 539 g/mol. The van der Waals surface area contributed by atoms with E-state index in [-0.39, 0.29) is 36.0 Å². The highest BCUT2D eigenvalue weighted by molar-refractivity contribution is 5.73. The molecule has 1 fully saturated rings. The van der Waals surface area contributed by atoms with E-state index in [1.807, 2.05) is 25.9 Å². The molecule has 4 rings (SSSR count). The van der Waals surface area contributed by atoms with E-state index in [2.05, 4.69) is 14.6 Å². The Morgan fingerprint density at radius 2 is 1.84 bits per heavy atom. The molecule has 13 heteroatoms. The number of ether oxygens (including phenoxy) is 2. The van der Waals surface area contributed by atoms with Crippen molar-refractivity contribution in [2.24, 2.45) is 0 Å². The predicted molar refractivity (Wildman–Crippen MR) is 135 cm³/mol. The first-order valence-corrected chi connectivity index (χ1v) is 12.4. The minimum absolute atomic E-state index is 0.0227. The minimum Gasteiger partial charge on any atom is -0.508 e. The second-order valence-corrected chi connectivity index (χ2v) is 9.81. The zero-order valence-electron chi connectivity index (χ0n) is 22.0. The number of carbonyl (C=O) groups excluding carboxylic acids is 1. The monoisotopic (exact) mass is 538 g/mol. The molecule has 2 aromatic rings. The van der Waals surface area contributed by atoms with E-state index >= 15 is 0 Å². The molecule has 1 amide bonds. The number of likely N-dealkylation sites (N-methyl/N-ethyl adjacent to an activating group) is 1. The van der Waals surface area contributed by atoms with Crippen LogP contribution in [0.25, 0.3) is 0 Å². The van der Waals surface area contributed by atoms with Crippen molar-refractivity contribution < 1.29 is 32.5 Å². The molecule has 0 radical (unpaired) electrons. The zero-order chi connectivity index (χ0) is 27.6. The summed E-state index contributed by atoms with van der Waals surface area (Å²) < 4.78 is 49.4. The smallest absolute Gasteiger partial charge is 0.508 e. The maximum Gasteiger partial charge on any atom is 0.573 e. The summed E-state index contributed by atoms with van der Waals surface area (Å²) in [6.45, 7) is 6.95. The number of phenols is 1. The second kappa shape index (κ2) is 11.1. The molecule has 1 aromatic carbocycles. The fourth-order valence-electron chi connectivity index (χ4n) is 4.84. The highest BCUT2D eigenvalue weighted by Gasteiger charge is 2.34. The Balaban J connectivity index is 1.67. The number of rotatable bonds is 7. The van der Waals surface area contributed by atoms with Crippen molar-refractivity contribution in [1.82, 2.24) is 19.8 Å². The molecule has 208 valence electrons. The number of benzene rings is 1. The first kappa shape index (κ1) is 27.6. The first-order chi connectivity index (χ1) is 17.9. The van der Waals surface area contributed by atoms with Crippen LogP contribution in [0.4, 0.5) is 24.7 Å². The quantitative estimate of drug-likeness (QED) is 0.571. The van der Waals surface area contributed by atoms with Gasteiger partial charge in [0.05, 0.1) is 17.9 Å². The lowest BCUT2D eigenvalue weighted by Crippen LogP contribution is -2.49. The highest BCUT2D eigenvalue weighted by atomic mass is 19.4. The summed E-state index contributed by atoms with van der Waals surface area (Å²) >= 11 is 0. The van der Waals surface area contributed by atoms with Gasteiger partial charge in [-0.05, 0) is 39.6 Å². The van der Waals surface area contributed by atoms with E-state index in [9.17, 15) is 23.1 Å². The van der Waals surface area contributed by atoms with Gasteiger partial charge < -0.3 is 34.2 Å². The number of anilines is 2. The van der Waals surface area contributed by atoms with Crippen LogP contribution < -0.4 is 19.3 Å². The van der Waals surface area contributed by atoms with Gasteiger partial charge in [0.2, 0.25) is 5.91 Å². The SMILES string of the molecule is CC(=O)N1CCN(c2nc(O[C@H](C)CN(C)C)nc3c2CCN(c2cc(O)ccc2OC(F)(F)F)C3)CC1. The van der Waals surface area contributed by atoms with E-state index in [1.54, 1.807) is 16.7 Å². The van der Waals surface area contributed by atoms with Crippen LogP contribution >= 0.6 is 0 Å². The van der Waals surface area contributed by atoms with Crippen LogP contribution in [0.5, 0.6) is 17.5 Å². The molecule has 0 spiro atoms. The second-order valence-electron chi connectivity index (χ2n) is 9.81. The van der Waals surface area contributed by atoms with Crippen LogP contribution in [-0.4, -0.2) is 96.6 Å². The van der Waals surface area contributed by atoms with Gasteiger partial charge in [0.25, 0.3) is 0 Å². The third kappa shape index (κ3) is 6.69. The number of nitrogens with zero attached hydrogens (tertiary/aromatic N) is 6. The summed E-state index contributed by atoms with van der Waals surface area (Å²) in [5.74, 6) is 0.167. The number of phenolic OH excluding ortho intramolecular Hbond substituents is 1. The number of hydrogen-bond donors (Lipinski definition) is 1. The lowest BCUT2D eigenvalue weighted by atomic mass is 10.0. The van der Waals surface area contributed by atoms with E-state index < -0.39 is 12.1 Å². The number of alkyl halides is 3. The predicted octanol–water partition coefficient (Wildman–Crippen LogP) is 2.64. The number of carbonyl (C=O) groups is 1. The van der Waals surface area contributed by atoms with E-state index in [4.69, 9.17) is 9.72 Å². The van der Waals surface area contributed by atoms with E-state index in [0.717, 1.165) is 17.7 Å². The number of piperazine rings is 1. The number of aromatic nitrogens is 2. The molecule has 0 unspecified atom stereocenters. The summed E-state index contributed by atoms with van der Waals surface area (Å²) in [6, 6.07) is 3.70. The van der Waals surface area contributed by atoms with Crippen molar-refractivity contribution in [2.75, 3.05) is 63.2 Å². The van der Waals surface area contributed by atoms with Gasteiger partial charge in [0, 0.05) is 57.8 Å². The molecule has 1 N–H and O–H groups in total. The fraction of sp³-hybridized carbons (Fsp3) is 0.560. The number of hydrogen-bond acceptors (Lipinski definition) is 9.